The van der Waals surface area contributed by atoms with E-state index in [9.17, 15) is 14.0 Å². The van der Waals surface area contributed by atoms with Gasteiger partial charge >= 0.3 is 0 Å². The van der Waals surface area contributed by atoms with Gasteiger partial charge in [-0.2, -0.15) is 4.37 Å². The number of hydrogen-bond acceptors (Lipinski definition) is 8. The lowest BCUT2D eigenvalue weighted by Crippen LogP contribution is -2.39. The zero-order valence-corrected chi connectivity index (χ0v) is 18.5. The van der Waals surface area contributed by atoms with Crippen molar-refractivity contribution in [3.63, 3.8) is 0 Å². The zero-order valence-electron chi connectivity index (χ0n) is 16.9. The van der Waals surface area contributed by atoms with Crippen molar-refractivity contribution in [2.75, 3.05) is 10.6 Å². The molecule has 4 N–H and O–H groups in total. The first-order chi connectivity index (χ1) is 15.3. The number of thiazole rings is 1. The van der Waals surface area contributed by atoms with Gasteiger partial charge in [0.05, 0.1) is 10.6 Å². The summed E-state index contributed by atoms with van der Waals surface area (Å²) < 4.78 is 17.8. The second-order valence-electron chi connectivity index (χ2n) is 6.91. The minimum Gasteiger partial charge on any atom is -0.382 e. The number of carbonyl (C=O) groups is 2. The molecule has 0 radical (unpaired) electrons. The van der Waals surface area contributed by atoms with Crippen LogP contribution in [-0.4, -0.2) is 27.1 Å². The number of nitrogens with zero attached hydrogens (tertiary/aromatic N) is 3. The Balaban J connectivity index is 1.69. The summed E-state index contributed by atoms with van der Waals surface area (Å²) in [5.41, 5.74) is 13.7. The average molecular weight is 468 g/mol. The Morgan fingerprint density at radius 3 is 2.44 bits per heavy atom. The van der Waals surface area contributed by atoms with Crippen LogP contribution >= 0.6 is 22.9 Å². The third-order valence-corrected chi connectivity index (χ3v) is 6.62. The highest BCUT2D eigenvalue weighted by Gasteiger charge is 2.28. The van der Waals surface area contributed by atoms with E-state index in [1.807, 2.05) is 30.3 Å². The molecule has 0 fully saturated rings. The van der Waals surface area contributed by atoms with Gasteiger partial charge in [0.2, 0.25) is 11.7 Å². The Hall–Kier alpha value is -3.63. The number of benzene rings is 2. The number of hydrogen-bond donors (Lipinski definition) is 2. The zero-order chi connectivity index (χ0) is 22.8. The second-order valence-corrected chi connectivity index (χ2v) is 8.69. The fourth-order valence-electron chi connectivity index (χ4n) is 3.05. The van der Waals surface area contributed by atoms with Crippen molar-refractivity contribution in [3.05, 3.63) is 76.2 Å². The first kappa shape index (κ1) is 21.6. The number of amides is 1. The molecule has 32 heavy (non-hydrogen) atoms. The van der Waals surface area contributed by atoms with Crippen molar-refractivity contribution < 1.29 is 14.0 Å². The van der Waals surface area contributed by atoms with E-state index in [0.29, 0.717) is 21.4 Å². The lowest BCUT2D eigenvalue weighted by atomic mass is 10.1. The third-order valence-electron chi connectivity index (χ3n) is 4.76. The van der Waals surface area contributed by atoms with Crippen molar-refractivity contribution >= 4 is 51.2 Å². The Morgan fingerprint density at radius 1 is 1.09 bits per heavy atom. The Labute approximate surface area is 191 Å². The largest absolute Gasteiger partial charge is 0.382 e. The third kappa shape index (κ3) is 4.23. The maximum absolute atomic E-state index is 13.4. The van der Waals surface area contributed by atoms with E-state index in [0.717, 1.165) is 28.4 Å². The molecule has 0 aliphatic rings. The topological polar surface area (TPSA) is 115 Å². The van der Waals surface area contributed by atoms with Crippen LogP contribution in [0.5, 0.6) is 0 Å². The predicted molar refractivity (Wildman–Crippen MR) is 125 cm³/mol. The van der Waals surface area contributed by atoms with Crippen molar-refractivity contribution in [2.45, 2.75) is 13.0 Å². The second kappa shape index (κ2) is 8.85. The normalized spacial score (nSPS) is 11.8. The van der Waals surface area contributed by atoms with E-state index in [-0.39, 0.29) is 16.5 Å². The highest BCUT2D eigenvalue weighted by molar-refractivity contribution is 7.19. The van der Waals surface area contributed by atoms with Crippen LogP contribution in [-0.2, 0) is 4.79 Å². The summed E-state index contributed by atoms with van der Waals surface area (Å²) in [6.07, 6.45) is 0. The molecular formula is C22H18FN5O2S2. The van der Waals surface area contributed by atoms with Crippen LogP contribution in [0.2, 0.25) is 0 Å². The van der Waals surface area contributed by atoms with Gasteiger partial charge in [0.25, 0.3) is 0 Å². The van der Waals surface area contributed by atoms with Crippen molar-refractivity contribution in [1.82, 2.24) is 9.36 Å². The molecule has 0 saturated heterocycles. The van der Waals surface area contributed by atoms with Gasteiger partial charge in [-0.25, -0.2) is 9.37 Å². The summed E-state index contributed by atoms with van der Waals surface area (Å²) in [5.74, 6) is -1.30. The summed E-state index contributed by atoms with van der Waals surface area (Å²) in [7, 11) is 0. The molecule has 0 saturated carbocycles. The number of nitrogens with two attached hydrogens (primary N) is 2. The molecule has 0 spiro atoms. The molecule has 4 aromatic rings. The van der Waals surface area contributed by atoms with Gasteiger partial charge in [-0.1, -0.05) is 41.7 Å². The summed E-state index contributed by atoms with van der Waals surface area (Å²) in [4.78, 5) is 31.5. The summed E-state index contributed by atoms with van der Waals surface area (Å²) in [6, 6.07) is 16.0. The molecule has 4 rings (SSSR count). The fraction of sp³-hybridized carbons (Fsp3) is 0.0909. The highest BCUT2D eigenvalue weighted by Crippen LogP contribution is 2.36. The highest BCUT2D eigenvalue weighted by atomic mass is 32.1. The molecule has 0 aliphatic heterocycles. The Bertz CT molecular complexity index is 1270. The number of aromatic nitrogens is 2. The molecular weight excluding hydrogens is 449 g/mol. The lowest BCUT2D eigenvalue weighted by molar-refractivity contribution is -0.118. The number of carbonyl (C=O) groups excluding carboxylic acids is 2. The molecule has 0 bridgehead atoms. The molecule has 10 heteroatoms. The molecule has 1 unspecified atom stereocenters. The van der Waals surface area contributed by atoms with Gasteiger partial charge in [0.1, 0.15) is 22.6 Å². The van der Waals surface area contributed by atoms with E-state index in [1.165, 1.54) is 29.2 Å². The first-order valence-electron chi connectivity index (χ1n) is 9.52. The average Bonchev–Trinajstić information content (AvgIpc) is 3.43. The maximum atomic E-state index is 13.4. The molecule has 7 nitrogen and oxygen atoms in total. The molecule has 2 heterocycles. The molecule has 2 aromatic heterocycles. The van der Waals surface area contributed by atoms with E-state index in [1.54, 1.807) is 13.0 Å². The molecule has 0 aliphatic carbocycles. The quantitative estimate of drug-likeness (QED) is 0.393. The van der Waals surface area contributed by atoms with Gasteiger partial charge in [0.15, 0.2) is 5.13 Å². The number of anilines is 3. The minimum atomic E-state index is -0.804. The summed E-state index contributed by atoms with van der Waals surface area (Å²) >= 11 is 2.12. The van der Waals surface area contributed by atoms with Crippen LogP contribution < -0.4 is 16.4 Å². The van der Waals surface area contributed by atoms with E-state index >= 15 is 0 Å². The van der Waals surface area contributed by atoms with Crippen LogP contribution in [0, 0.1) is 5.82 Å². The Morgan fingerprint density at radius 2 is 1.78 bits per heavy atom. The fourth-order valence-corrected chi connectivity index (χ4v) is 4.86. The van der Waals surface area contributed by atoms with Gasteiger partial charge in [0, 0.05) is 11.3 Å². The molecule has 1 atom stereocenters. The molecule has 1 amide bonds. The number of ketones is 1. The van der Waals surface area contributed by atoms with Crippen molar-refractivity contribution in [1.29, 1.82) is 0 Å². The number of rotatable bonds is 7. The maximum Gasteiger partial charge on any atom is 0.240 e. The number of nitrogen functional groups attached to an aromatic ring is 1. The van der Waals surface area contributed by atoms with Crippen LogP contribution in [0.25, 0.3) is 11.3 Å². The summed E-state index contributed by atoms with van der Waals surface area (Å²) in [5, 5.41) is 0.302. The lowest BCUT2D eigenvalue weighted by Gasteiger charge is -2.26. The SMILES string of the molecule is CC(C(N)=O)N(c1ccc(F)cc1)c1nc(N)c(C(=O)c2cc(-c3ccccc3)ns2)s1. The number of halogens is 1. The van der Waals surface area contributed by atoms with E-state index < -0.39 is 17.8 Å². The Kier molecular flexibility index (Phi) is 5.97. The van der Waals surface area contributed by atoms with Crippen LogP contribution in [0.1, 0.15) is 21.5 Å². The monoisotopic (exact) mass is 467 g/mol. The summed E-state index contributed by atoms with van der Waals surface area (Å²) in [6.45, 7) is 1.60. The van der Waals surface area contributed by atoms with Gasteiger partial charge in [-0.3, -0.25) is 9.59 Å². The molecule has 162 valence electrons. The smallest absolute Gasteiger partial charge is 0.240 e. The standard InChI is InChI=1S/C22H18FN5O2S2/c1-12(21(25)30)28(15-9-7-14(23)8-10-15)22-26-20(24)19(31-22)18(29)17-11-16(27-32-17)13-5-3-2-4-6-13/h2-12H,24H2,1H3,(H2,25,30). The van der Waals surface area contributed by atoms with E-state index in [4.69, 9.17) is 11.5 Å². The van der Waals surface area contributed by atoms with Crippen LogP contribution in [0.15, 0.2) is 60.7 Å². The van der Waals surface area contributed by atoms with Crippen molar-refractivity contribution in [3.8, 4) is 11.3 Å². The van der Waals surface area contributed by atoms with Crippen LogP contribution in [0.4, 0.5) is 21.0 Å². The number of primary amides is 1. The predicted octanol–water partition coefficient (Wildman–Crippen LogP) is 4.23. The van der Waals surface area contributed by atoms with Gasteiger partial charge < -0.3 is 16.4 Å². The minimum absolute atomic E-state index is 0.0356. The first-order valence-corrected chi connectivity index (χ1v) is 11.1. The molecule has 2 aromatic carbocycles. The van der Waals surface area contributed by atoms with Gasteiger partial charge in [-0.05, 0) is 48.8 Å². The van der Waals surface area contributed by atoms with Crippen molar-refractivity contribution in [2.24, 2.45) is 5.73 Å². The van der Waals surface area contributed by atoms with Crippen LogP contribution in [0.3, 0.4) is 0 Å². The van der Waals surface area contributed by atoms with Gasteiger partial charge in [-0.15, -0.1) is 0 Å². The van der Waals surface area contributed by atoms with E-state index in [2.05, 4.69) is 9.36 Å².